The molecule has 0 amide bonds. The summed E-state index contributed by atoms with van der Waals surface area (Å²) in [5, 5.41) is 0.632. The molecule has 1 N–H and O–H groups in total. The number of aromatic nitrogens is 2. The highest BCUT2D eigenvalue weighted by Gasteiger charge is 2.09. The van der Waals surface area contributed by atoms with Gasteiger partial charge in [-0.2, -0.15) is 0 Å². The number of fused-ring (bicyclic) bond motifs is 1. The Bertz CT molecular complexity index is 835. The number of H-pyrrole nitrogens is 1. The highest BCUT2D eigenvalue weighted by molar-refractivity contribution is 7.71. The molecule has 0 bridgehead atoms. The van der Waals surface area contributed by atoms with Gasteiger partial charge in [0.2, 0.25) is 0 Å². The second kappa shape index (κ2) is 4.47. The Morgan fingerprint density at radius 1 is 1.26 bits per heavy atom. The molecule has 3 rings (SSSR count). The average molecular weight is 293 g/mol. The molecule has 5 heteroatoms. The van der Waals surface area contributed by atoms with Gasteiger partial charge >= 0.3 is 0 Å². The third-order valence-electron chi connectivity index (χ3n) is 3.03. The van der Waals surface area contributed by atoms with Crippen LogP contribution in [0.5, 0.6) is 0 Å². The van der Waals surface area contributed by atoms with Gasteiger partial charge < -0.3 is 4.98 Å². The van der Waals surface area contributed by atoms with E-state index in [1.165, 1.54) is 6.07 Å². The number of imidazole rings is 1. The predicted octanol–water partition coefficient (Wildman–Crippen LogP) is 4.79. The van der Waals surface area contributed by atoms with Gasteiger partial charge in [-0.1, -0.05) is 17.7 Å². The smallest absolute Gasteiger partial charge is 0.182 e. The van der Waals surface area contributed by atoms with Gasteiger partial charge in [-0.15, -0.1) is 0 Å². The molecule has 0 aliphatic heterocycles. The standard InChI is InChI=1S/C14H10ClFN2S/c1-8-5-13-12(7-11(8)16)17-14(19)18(13)10-4-2-3-9(15)6-10/h2-7H,1H3,(H,17,19). The first-order valence-electron chi connectivity index (χ1n) is 5.73. The van der Waals surface area contributed by atoms with Crippen molar-refractivity contribution in [2.75, 3.05) is 0 Å². The van der Waals surface area contributed by atoms with E-state index in [-0.39, 0.29) is 5.82 Å². The number of hydrogen-bond acceptors (Lipinski definition) is 1. The highest BCUT2D eigenvalue weighted by atomic mass is 35.5. The summed E-state index contributed by atoms with van der Waals surface area (Å²) in [7, 11) is 0. The summed E-state index contributed by atoms with van der Waals surface area (Å²) >= 11 is 11.3. The van der Waals surface area contributed by atoms with Gasteiger partial charge in [0.1, 0.15) is 5.82 Å². The van der Waals surface area contributed by atoms with Gasteiger partial charge in [-0.25, -0.2) is 4.39 Å². The summed E-state index contributed by atoms with van der Waals surface area (Å²) in [4.78, 5) is 3.01. The topological polar surface area (TPSA) is 20.7 Å². The number of nitrogens with one attached hydrogen (secondary N) is 1. The molecule has 0 saturated heterocycles. The quantitative estimate of drug-likeness (QED) is 0.640. The third kappa shape index (κ3) is 2.07. The predicted molar refractivity (Wildman–Crippen MR) is 78.2 cm³/mol. The van der Waals surface area contributed by atoms with Gasteiger partial charge in [-0.3, -0.25) is 4.57 Å². The van der Waals surface area contributed by atoms with Crippen LogP contribution in [0.2, 0.25) is 5.02 Å². The number of benzene rings is 2. The maximum Gasteiger partial charge on any atom is 0.182 e. The maximum atomic E-state index is 13.6. The van der Waals surface area contributed by atoms with Crippen LogP contribution in [0.1, 0.15) is 5.56 Å². The molecule has 0 aliphatic rings. The van der Waals surface area contributed by atoms with E-state index < -0.39 is 0 Å². The molecule has 0 saturated carbocycles. The molecule has 3 aromatic rings. The van der Waals surface area contributed by atoms with Crippen LogP contribution >= 0.6 is 23.8 Å². The summed E-state index contributed by atoms with van der Waals surface area (Å²) in [5.74, 6) is -0.248. The zero-order valence-electron chi connectivity index (χ0n) is 10.1. The van der Waals surface area contributed by atoms with Gasteiger partial charge in [-0.05, 0) is 55.0 Å². The number of nitrogens with zero attached hydrogens (tertiary/aromatic N) is 1. The number of halogens is 2. The zero-order chi connectivity index (χ0) is 13.6. The number of hydrogen-bond donors (Lipinski definition) is 1. The lowest BCUT2D eigenvalue weighted by Crippen LogP contribution is -1.94. The molecule has 0 radical (unpaired) electrons. The maximum absolute atomic E-state index is 13.6. The van der Waals surface area contributed by atoms with Crippen LogP contribution in [0, 0.1) is 17.5 Å². The van der Waals surface area contributed by atoms with Crippen molar-refractivity contribution in [2.45, 2.75) is 6.92 Å². The number of rotatable bonds is 1. The first kappa shape index (κ1) is 12.4. The van der Waals surface area contributed by atoms with Crippen LogP contribution in [0.3, 0.4) is 0 Å². The Balaban J connectivity index is 2.38. The van der Waals surface area contributed by atoms with Crippen molar-refractivity contribution in [3.05, 3.63) is 57.6 Å². The molecule has 0 spiro atoms. The van der Waals surface area contributed by atoms with E-state index in [0.29, 0.717) is 20.9 Å². The number of aryl methyl sites for hydroxylation is 1. The Morgan fingerprint density at radius 3 is 2.79 bits per heavy atom. The van der Waals surface area contributed by atoms with Gasteiger partial charge in [0.05, 0.1) is 11.0 Å². The first-order valence-corrected chi connectivity index (χ1v) is 6.52. The van der Waals surface area contributed by atoms with Crippen LogP contribution in [-0.4, -0.2) is 9.55 Å². The minimum absolute atomic E-state index is 0.248. The second-order valence-corrected chi connectivity index (χ2v) is 5.19. The summed E-state index contributed by atoms with van der Waals surface area (Å²) in [6.07, 6.45) is 0. The van der Waals surface area contributed by atoms with Gasteiger partial charge in [0.15, 0.2) is 4.77 Å². The van der Waals surface area contributed by atoms with E-state index in [1.54, 1.807) is 19.1 Å². The summed E-state index contributed by atoms with van der Waals surface area (Å²) in [5.41, 5.74) is 2.95. The molecule has 19 heavy (non-hydrogen) atoms. The Labute approximate surface area is 119 Å². The summed E-state index contributed by atoms with van der Waals surface area (Å²) in [6, 6.07) is 10.6. The molecule has 2 aromatic carbocycles. The molecule has 0 fully saturated rings. The summed E-state index contributed by atoms with van der Waals surface area (Å²) < 4.78 is 15.9. The molecule has 0 unspecified atom stereocenters. The fourth-order valence-electron chi connectivity index (χ4n) is 2.10. The lowest BCUT2D eigenvalue weighted by atomic mass is 10.2. The monoisotopic (exact) mass is 292 g/mol. The first-order chi connectivity index (χ1) is 9.06. The van der Waals surface area contributed by atoms with Crippen LogP contribution in [0.25, 0.3) is 16.7 Å². The largest absolute Gasteiger partial charge is 0.330 e. The normalized spacial score (nSPS) is 11.1. The molecule has 1 heterocycles. The van der Waals surface area contributed by atoms with Crippen molar-refractivity contribution in [1.29, 1.82) is 0 Å². The fourth-order valence-corrected chi connectivity index (χ4v) is 2.60. The SMILES string of the molecule is Cc1cc2c(cc1F)[nH]c(=S)n2-c1cccc(Cl)c1. The van der Waals surface area contributed by atoms with E-state index in [9.17, 15) is 4.39 Å². The molecular formula is C14H10ClFN2S. The number of aromatic amines is 1. The molecular weight excluding hydrogens is 283 g/mol. The van der Waals surface area contributed by atoms with Gasteiger partial charge in [0.25, 0.3) is 0 Å². The second-order valence-electron chi connectivity index (χ2n) is 4.36. The minimum Gasteiger partial charge on any atom is -0.330 e. The lowest BCUT2D eigenvalue weighted by molar-refractivity contribution is 0.620. The van der Waals surface area contributed by atoms with Crippen molar-refractivity contribution in [3.8, 4) is 5.69 Å². The Hall–Kier alpha value is -1.65. The van der Waals surface area contributed by atoms with Crippen molar-refractivity contribution in [3.63, 3.8) is 0 Å². The van der Waals surface area contributed by atoms with Crippen LogP contribution in [-0.2, 0) is 0 Å². The van der Waals surface area contributed by atoms with Crippen molar-refractivity contribution in [2.24, 2.45) is 0 Å². The molecule has 1 aromatic heterocycles. The van der Waals surface area contributed by atoms with Crippen LogP contribution < -0.4 is 0 Å². The Morgan fingerprint density at radius 2 is 2.05 bits per heavy atom. The lowest BCUT2D eigenvalue weighted by Gasteiger charge is -2.05. The average Bonchev–Trinajstić information content (AvgIpc) is 2.65. The highest BCUT2D eigenvalue weighted by Crippen LogP contribution is 2.24. The van der Waals surface area contributed by atoms with E-state index in [2.05, 4.69) is 4.98 Å². The molecule has 0 atom stereocenters. The molecule has 2 nitrogen and oxygen atoms in total. The van der Waals surface area contributed by atoms with Crippen LogP contribution in [0.4, 0.5) is 4.39 Å². The molecule has 0 aliphatic carbocycles. The van der Waals surface area contributed by atoms with E-state index in [1.807, 2.05) is 22.8 Å². The van der Waals surface area contributed by atoms with E-state index in [4.69, 9.17) is 23.8 Å². The third-order valence-corrected chi connectivity index (χ3v) is 3.55. The van der Waals surface area contributed by atoms with Crippen molar-refractivity contribution < 1.29 is 4.39 Å². The zero-order valence-corrected chi connectivity index (χ0v) is 11.6. The van der Waals surface area contributed by atoms with Gasteiger partial charge in [0, 0.05) is 10.7 Å². The Kier molecular flexibility index (Phi) is 2.92. The van der Waals surface area contributed by atoms with Crippen LogP contribution in [0.15, 0.2) is 36.4 Å². The molecule has 96 valence electrons. The van der Waals surface area contributed by atoms with E-state index >= 15 is 0 Å². The minimum atomic E-state index is -0.248. The van der Waals surface area contributed by atoms with Crippen molar-refractivity contribution in [1.82, 2.24) is 9.55 Å². The van der Waals surface area contributed by atoms with Crippen molar-refractivity contribution >= 4 is 34.9 Å². The summed E-state index contributed by atoms with van der Waals surface area (Å²) in [6.45, 7) is 1.73. The van der Waals surface area contributed by atoms with E-state index in [0.717, 1.165) is 11.2 Å². The fraction of sp³-hybridized carbons (Fsp3) is 0.0714.